The first-order chi connectivity index (χ1) is 15.6. The van der Waals surface area contributed by atoms with E-state index < -0.39 is 0 Å². The van der Waals surface area contributed by atoms with Crippen molar-refractivity contribution in [3.8, 4) is 5.75 Å². The van der Waals surface area contributed by atoms with Crippen molar-refractivity contribution in [3.05, 3.63) is 18.2 Å². The van der Waals surface area contributed by atoms with E-state index in [1.165, 1.54) is 0 Å². The highest BCUT2D eigenvalue weighted by molar-refractivity contribution is 7.22. The molecule has 8 nitrogen and oxygen atoms in total. The summed E-state index contributed by atoms with van der Waals surface area (Å²) < 4.78 is 11.8. The fourth-order valence-corrected chi connectivity index (χ4v) is 5.40. The summed E-state index contributed by atoms with van der Waals surface area (Å²) in [6.45, 7) is 7.75. The van der Waals surface area contributed by atoms with Crippen LogP contribution in [-0.2, 0) is 9.53 Å². The third-order valence-electron chi connectivity index (χ3n) is 6.16. The topological polar surface area (TPSA) is 84.0 Å². The number of carbonyl (C=O) groups is 2. The van der Waals surface area contributed by atoms with Crippen LogP contribution in [0.3, 0.4) is 0 Å². The van der Waals surface area contributed by atoms with Crippen molar-refractivity contribution in [2.24, 2.45) is 5.92 Å². The van der Waals surface area contributed by atoms with E-state index in [1.54, 1.807) is 16.2 Å². The summed E-state index contributed by atoms with van der Waals surface area (Å²) in [6.07, 6.45) is 2.95. The minimum Gasteiger partial charge on any atom is -0.494 e. The summed E-state index contributed by atoms with van der Waals surface area (Å²) in [4.78, 5) is 33.4. The van der Waals surface area contributed by atoms with Gasteiger partial charge in [-0.1, -0.05) is 11.3 Å². The summed E-state index contributed by atoms with van der Waals surface area (Å²) in [5.41, 5.74) is 0.988. The van der Waals surface area contributed by atoms with E-state index in [0.717, 1.165) is 59.9 Å². The van der Waals surface area contributed by atoms with Crippen molar-refractivity contribution in [2.45, 2.75) is 45.6 Å². The lowest BCUT2D eigenvalue weighted by Gasteiger charge is -2.34. The van der Waals surface area contributed by atoms with Gasteiger partial charge in [-0.15, -0.1) is 0 Å². The number of hydrogen-bond donors (Lipinski definition) is 1. The first-order valence-electron chi connectivity index (χ1n) is 11.6. The first kappa shape index (κ1) is 22.6. The summed E-state index contributed by atoms with van der Waals surface area (Å²) in [7, 11) is 0. The maximum Gasteiger partial charge on any atom is 0.409 e. The summed E-state index contributed by atoms with van der Waals surface area (Å²) in [6, 6.07) is 6.15. The van der Waals surface area contributed by atoms with Gasteiger partial charge >= 0.3 is 6.09 Å². The van der Waals surface area contributed by atoms with Gasteiger partial charge in [-0.25, -0.2) is 9.78 Å². The molecule has 0 saturated carbocycles. The van der Waals surface area contributed by atoms with Gasteiger partial charge in [-0.2, -0.15) is 0 Å². The zero-order chi connectivity index (χ0) is 22.5. The number of nitrogens with one attached hydrogen (secondary N) is 1. The standard InChI is InChI=1S/C23H32N4O4S/c1-3-30-18-5-6-19-20(15-18)32-22(25-19)26-11-7-16(8-12-26)21(28)24-17-9-13-27(14-10-17)23(29)31-4-2/h5-6,15-17H,3-4,7-14H2,1-2H3,(H,24,28). The molecule has 2 amide bonds. The molecule has 2 aromatic rings. The number of carbonyl (C=O) groups excluding carboxylic acids is 2. The Bertz CT molecular complexity index is 933. The number of amides is 2. The molecule has 1 aromatic heterocycles. The van der Waals surface area contributed by atoms with Crippen LogP contribution in [0.2, 0.25) is 0 Å². The quantitative estimate of drug-likeness (QED) is 0.709. The molecule has 3 heterocycles. The van der Waals surface area contributed by atoms with Gasteiger partial charge in [-0.3, -0.25) is 4.79 Å². The molecule has 0 radical (unpaired) electrons. The number of nitrogens with zero attached hydrogens (tertiary/aromatic N) is 3. The van der Waals surface area contributed by atoms with Gasteiger partial charge in [0, 0.05) is 38.1 Å². The number of anilines is 1. The second-order valence-electron chi connectivity index (χ2n) is 8.29. The molecule has 0 atom stereocenters. The van der Waals surface area contributed by atoms with E-state index in [9.17, 15) is 9.59 Å². The predicted octanol–water partition coefficient (Wildman–Crippen LogP) is 3.65. The van der Waals surface area contributed by atoms with Crippen molar-refractivity contribution < 1.29 is 19.1 Å². The summed E-state index contributed by atoms with van der Waals surface area (Å²) >= 11 is 1.68. The Balaban J connectivity index is 1.25. The van der Waals surface area contributed by atoms with Crippen LogP contribution in [0.1, 0.15) is 39.5 Å². The Labute approximate surface area is 192 Å². The molecular weight excluding hydrogens is 428 g/mol. The smallest absolute Gasteiger partial charge is 0.409 e. The van der Waals surface area contributed by atoms with E-state index >= 15 is 0 Å². The van der Waals surface area contributed by atoms with Gasteiger partial charge in [-0.05, 0) is 57.7 Å². The zero-order valence-electron chi connectivity index (χ0n) is 18.8. The van der Waals surface area contributed by atoms with Gasteiger partial charge in [0.15, 0.2) is 5.13 Å². The molecule has 1 N–H and O–H groups in total. The highest BCUT2D eigenvalue weighted by Crippen LogP contribution is 2.33. The minimum absolute atomic E-state index is 0.0354. The molecular formula is C23H32N4O4S. The van der Waals surface area contributed by atoms with Crippen LogP contribution in [0.4, 0.5) is 9.93 Å². The molecule has 1 aromatic carbocycles. The minimum atomic E-state index is -0.256. The van der Waals surface area contributed by atoms with Crippen molar-refractivity contribution in [3.63, 3.8) is 0 Å². The molecule has 2 fully saturated rings. The Morgan fingerprint density at radius 2 is 1.84 bits per heavy atom. The Kier molecular flexibility index (Phi) is 7.34. The number of ether oxygens (including phenoxy) is 2. The van der Waals surface area contributed by atoms with Crippen LogP contribution in [0.15, 0.2) is 18.2 Å². The van der Waals surface area contributed by atoms with Crippen molar-refractivity contribution in [1.29, 1.82) is 0 Å². The highest BCUT2D eigenvalue weighted by Gasteiger charge is 2.30. The van der Waals surface area contributed by atoms with Crippen molar-refractivity contribution in [1.82, 2.24) is 15.2 Å². The first-order valence-corrected chi connectivity index (χ1v) is 12.4. The molecule has 4 rings (SSSR count). The van der Waals surface area contributed by atoms with E-state index in [2.05, 4.69) is 10.2 Å². The van der Waals surface area contributed by atoms with E-state index in [1.807, 2.05) is 32.0 Å². The Morgan fingerprint density at radius 3 is 2.53 bits per heavy atom. The number of benzene rings is 1. The maximum atomic E-state index is 12.8. The zero-order valence-corrected chi connectivity index (χ0v) is 19.7. The average Bonchev–Trinajstić information content (AvgIpc) is 3.23. The third kappa shape index (κ3) is 5.26. The van der Waals surface area contributed by atoms with E-state index in [0.29, 0.717) is 26.3 Å². The Morgan fingerprint density at radius 1 is 1.09 bits per heavy atom. The summed E-state index contributed by atoms with van der Waals surface area (Å²) in [5.74, 6) is 1.05. The van der Waals surface area contributed by atoms with Crippen LogP contribution in [0.25, 0.3) is 10.2 Å². The number of thiazole rings is 1. The SMILES string of the molecule is CCOC(=O)N1CCC(NC(=O)C2CCN(c3nc4ccc(OCC)cc4s3)CC2)CC1. The Hall–Kier alpha value is -2.55. The van der Waals surface area contributed by atoms with Gasteiger partial charge in [0.1, 0.15) is 5.75 Å². The fraction of sp³-hybridized carbons (Fsp3) is 0.609. The molecule has 32 heavy (non-hydrogen) atoms. The average molecular weight is 461 g/mol. The molecule has 9 heteroatoms. The van der Waals surface area contributed by atoms with Crippen LogP contribution in [0, 0.1) is 5.92 Å². The highest BCUT2D eigenvalue weighted by atomic mass is 32.1. The monoisotopic (exact) mass is 460 g/mol. The lowest BCUT2D eigenvalue weighted by Crippen LogP contribution is -2.49. The number of hydrogen-bond acceptors (Lipinski definition) is 7. The fourth-order valence-electron chi connectivity index (χ4n) is 4.36. The molecule has 2 aliphatic heterocycles. The van der Waals surface area contributed by atoms with Crippen LogP contribution >= 0.6 is 11.3 Å². The van der Waals surface area contributed by atoms with Crippen molar-refractivity contribution >= 4 is 38.7 Å². The number of fused-ring (bicyclic) bond motifs is 1. The molecule has 0 spiro atoms. The van der Waals surface area contributed by atoms with Crippen LogP contribution in [0.5, 0.6) is 5.75 Å². The van der Waals surface area contributed by atoms with Gasteiger partial charge in [0.25, 0.3) is 0 Å². The predicted molar refractivity (Wildman–Crippen MR) is 125 cm³/mol. The molecule has 0 unspecified atom stereocenters. The van der Waals surface area contributed by atoms with Crippen molar-refractivity contribution in [2.75, 3.05) is 44.3 Å². The lowest BCUT2D eigenvalue weighted by molar-refractivity contribution is -0.126. The van der Waals surface area contributed by atoms with Gasteiger partial charge in [0.05, 0.1) is 23.4 Å². The second-order valence-corrected chi connectivity index (χ2v) is 9.30. The normalized spacial score (nSPS) is 18.1. The molecule has 2 aliphatic rings. The van der Waals surface area contributed by atoms with Crippen LogP contribution < -0.4 is 15.0 Å². The largest absolute Gasteiger partial charge is 0.494 e. The van der Waals surface area contributed by atoms with E-state index in [4.69, 9.17) is 14.5 Å². The number of aromatic nitrogens is 1. The number of piperidine rings is 2. The maximum absolute atomic E-state index is 12.8. The third-order valence-corrected chi connectivity index (χ3v) is 7.24. The molecule has 174 valence electrons. The molecule has 0 bridgehead atoms. The van der Waals surface area contributed by atoms with E-state index in [-0.39, 0.29) is 24.0 Å². The molecule has 2 saturated heterocycles. The van der Waals surface area contributed by atoms with Gasteiger partial charge in [0.2, 0.25) is 5.91 Å². The second kappa shape index (κ2) is 10.4. The van der Waals surface area contributed by atoms with Crippen LogP contribution in [-0.4, -0.2) is 67.3 Å². The van der Waals surface area contributed by atoms with Gasteiger partial charge < -0.3 is 24.6 Å². The number of likely N-dealkylation sites (tertiary alicyclic amines) is 1. The molecule has 0 aliphatic carbocycles. The summed E-state index contributed by atoms with van der Waals surface area (Å²) in [5, 5.41) is 4.22. The lowest BCUT2D eigenvalue weighted by atomic mass is 9.95. The number of rotatable bonds is 6.